The highest BCUT2D eigenvalue weighted by molar-refractivity contribution is 5.91. The van der Waals surface area contributed by atoms with Gasteiger partial charge in [0.1, 0.15) is 0 Å². The zero-order chi connectivity index (χ0) is 18.1. The highest BCUT2D eigenvalue weighted by Crippen LogP contribution is 2.04. The monoisotopic (exact) mass is 351 g/mol. The van der Waals surface area contributed by atoms with Gasteiger partial charge in [0.25, 0.3) is 5.91 Å². The molecule has 1 fully saturated rings. The molecule has 1 aliphatic rings. The molecule has 1 aromatic rings. The van der Waals surface area contributed by atoms with E-state index in [0.717, 1.165) is 5.96 Å². The number of aliphatic imine (C=N–C) groups is 1. The van der Waals surface area contributed by atoms with Gasteiger partial charge >= 0.3 is 6.09 Å². The smallest absolute Gasteiger partial charge is 0.409 e. The van der Waals surface area contributed by atoms with E-state index < -0.39 is 0 Å². The van der Waals surface area contributed by atoms with Crippen molar-refractivity contribution < 1.29 is 18.7 Å². The summed E-state index contributed by atoms with van der Waals surface area (Å²) >= 11 is 0. The summed E-state index contributed by atoms with van der Waals surface area (Å²) in [5.74, 6) is 0.792. The van der Waals surface area contributed by atoms with Crippen LogP contribution in [0.25, 0.3) is 0 Å². The first-order chi connectivity index (χ1) is 12.2. The number of rotatable bonds is 5. The Labute approximate surface area is 147 Å². The fraction of sp³-hybridized carbons (Fsp3) is 0.562. The molecule has 0 atom stereocenters. The van der Waals surface area contributed by atoms with Crippen molar-refractivity contribution in [1.82, 2.24) is 20.4 Å². The normalized spacial score (nSPS) is 15.0. The van der Waals surface area contributed by atoms with Gasteiger partial charge in [0.05, 0.1) is 12.9 Å². The van der Waals surface area contributed by atoms with Crippen LogP contribution in [0.5, 0.6) is 0 Å². The molecule has 0 aliphatic carbocycles. The molecule has 9 nitrogen and oxygen atoms in total. The Kier molecular flexibility index (Phi) is 7.12. The Morgan fingerprint density at radius 3 is 2.48 bits per heavy atom. The first-order valence-corrected chi connectivity index (χ1v) is 8.34. The molecular formula is C16H25N5O4. The number of piperazine rings is 1. The summed E-state index contributed by atoms with van der Waals surface area (Å²) in [4.78, 5) is 31.5. The van der Waals surface area contributed by atoms with Crippen molar-refractivity contribution in [2.24, 2.45) is 4.99 Å². The van der Waals surface area contributed by atoms with E-state index in [4.69, 9.17) is 9.15 Å². The Morgan fingerprint density at radius 2 is 1.88 bits per heavy atom. The largest absolute Gasteiger partial charge is 0.459 e. The standard InChI is InChI=1S/C16H25N5O4/c1-3-24-16(23)21-10-8-20(9-11-21)15(17-2)19-7-6-18-14(22)13-5-4-12-25-13/h4-5,12H,3,6-11H2,1-2H3,(H,17,19)(H,18,22). The summed E-state index contributed by atoms with van der Waals surface area (Å²) < 4.78 is 10.0. The van der Waals surface area contributed by atoms with E-state index in [1.54, 1.807) is 31.0 Å². The van der Waals surface area contributed by atoms with Crippen molar-refractivity contribution in [2.45, 2.75) is 6.92 Å². The molecule has 0 aromatic carbocycles. The fourth-order valence-corrected chi connectivity index (χ4v) is 2.49. The van der Waals surface area contributed by atoms with Gasteiger partial charge in [-0.15, -0.1) is 0 Å². The molecular weight excluding hydrogens is 326 g/mol. The second-order valence-corrected chi connectivity index (χ2v) is 5.38. The zero-order valence-corrected chi connectivity index (χ0v) is 14.7. The third kappa shape index (κ3) is 5.40. The average Bonchev–Trinajstić information content (AvgIpc) is 3.17. The van der Waals surface area contributed by atoms with E-state index in [-0.39, 0.29) is 12.0 Å². The maximum Gasteiger partial charge on any atom is 0.409 e. The van der Waals surface area contributed by atoms with Crippen LogP contribution in [-0.2, 0) is 4.74 Å². The van der Waals surface area contributed by atoms with Crippen LogP contribution in [0.2, 0.25) is 0 Å². The average molecular weight is 351 g/mol. The van der Waals surface area contributed by atoms with Gasteiger partial charge in [-0.1, -0.05) is 0 Å². The van der Waals surface area contributed by atoms with Crippen molar-refractivity contribution >= 4 is 18.0 Å². The van der Waals surface area contributed by atoms with E-state index in [9.17, 15) is 9.59 Å². The van der Waals surface area contributed by atoms with Crippen LogP contribution in [0.3, 0.4) is 0 Å². The summed E-state index contributed by atoms with van der Waals surface area (Å²) in [5.41, 5.74) is 0. The molecule has 2 heterocycles. The van der Waals surface area contributed by atoms with Crippen molar-refractivity contribution in [3.63, 3.8) is 0 Å². The number of carbonyl (C=O) groups excluding carboxylic acids is 2. The predicted octanol–water partition coefficient (Wildman–Crippen LogP) is 0.359. The van der Waals surface area contributed by atoms with Crippen molar-refractivity contribution in [3.05, 3.63) is 24.2 Å². The first-order valence-electron chi connectivity index (χ1n) is 8.34. The minimum Gasteiger partial charge on any atom is -0.459 e. The lowest BCUT2D eigenvalue weighted by atomic mass is 10.3. The van der Waals surface area contributed by atoms with Gasteiger partial charge in [-0.25, -0.2) is 4.79 Å². The molecule has 0 saturated carbocycles. The quantitative estimate of drug-likeness (QED) is 0.451. The predicted molar refractivity (Wildman–Crippen MR) is 92.6 cm³/mol. The molecule has 1 aromatic heterocycles. The van der Waals surface area contributed by atoms with Crippen LogP contribution in [-0.4, -0.2) is 80.7 Å². The van der Waals surface area contributed by atoms with Crippen LogP contribution in [0.15, 0.2) is 27.8 Å². The van der Waals surface area contributed by atoms with Gasteiger partial charge in [-0.3, -0.25) is 9.79 Å². The number of nitrogens with zero attached hydrogens (tertiary/aromatic N) is 3. The molecule has 2 rings (SSSR count). The Bertz CT molecular complexity index is 579. The van der Waals surface area contributed by atoms with Gasteiger partial charge < -0.3 is 29.6 Å². The number of amides is 2. The summed E-state index contributed by atoms with van der Waals surface area (Å²) in [6.07, 6.45) is 1.19. The maximum absolute atomic E-state index is 11.8. The first kappa shape index (κ1) is 18.6. The maximum atomic E-state index is 11.8. The van der Waals surface area contributed by atoms with Crippen LogP contribution in [0, 0.1) is 0 Å². The lowest BCUT2D eigenvalue weighted by Gasteiger charge is -2.35. The lowest BCUT2D eigenvalue weighted by Crippen LogP contribution is -2.54. The molecule has 0 unspecified atom stereocenters. The number of hydrogen-bond donors (Lipinski definition) is 2. The number of carbonyl (C=O) groups is 2. The highest BCUT2D eigenvalue weighted by atomic mass is 16.6. The molecule has 1 saturated heterocycles. The van der Waals surface area contributed by atoms with E-state index in [1.807, 2.05) is 0 Å². The highest BCUT2D eigenvalue weighted by Gasteiger charge is 2.23. The lowest BCUT2D eigenvalue weighted by molar-refractivity contribution is 0.0914. The minimum absolute atomic E-state index is 0.246. The summed E-state index contributed by atoms with van der Waals surface area (Å²) in [6, 6.07) is 3.29. The molecule has 9 heteroatoms. The van der Waals surface area contributed by atoms with Gasteiger partial charge in [0.2, 0.25) is 0 Å². The zero-order valence-electron chi connectivity index (χ0n) is 14.7. The van der Waals surface area contributed by atoms with Crippen molar-refractivity contribution in [2.75, 3.05) is 52.9 Å². The molecule has 1 aliphatic heterocycles. The molecule has 0 spiro atoms. The van der Waals surface area contributed by atoms with E-state index in [0.29, 0.717) is 51.6 Å². The molecule has 138 valence electrons. The van der Waals surface area contributed by atoms with Crippen LogP contribution >= 0.6 is 0 Å². The molecule has 2 N–H and O–H groups in total. The molecule has 0 radical (unpaired) electrons. The van der Waals surface area contributed by atoms with Gasteiger partial charge in [0.15, 0.2) is 11.7 Å². The SMILES string of the molecule is CCOC(=O)N1CCN(C(=NC)NCCNC(=O)c2ccco2)CC1. The molecule has 0 bridgehead atoms. The molecule has 2 amide bonds. The number of guanidine groups is 1. The third-order valence-electron chi connectivity index (χ3n) is 3.76. The van der Waals surface area contributed by atoms with Gasteiger partial charge in [-0.2, -0.15) is 0 Å². The summed E-state index contributed by atoms with van der Waals surface area (Å²) in [6.45, 7) is 5.70. The van der Waals surface area contributed by atoms with Crippen LogP contribution < -0.4 is 10.6 Å². The number of nitrogens with one attached hydrogen (secondary N) is 2. The summed E-state index contributed by atoms with van der Waals surface area (Å²) in [5, 5.41) is 5.97. The van der Waals surface area contributed by atoms with Gasteiger partial charge in [-0.05, 0) is 19.1 Å². The van der Waals surface area contributed by atoms with Crippen LogP contribution in [0.1, 0.15) is 17.5 Å². The molecule has 25 heavy (non-hydrogen) atoms. The van der Waals surface area contributed by atoms with Crippen molar-refractivity contribution in [1.29, 1.82) is 0 Å². The van der Waals surface area contributed by atoms with E-state index in [1.165, 1.54) is 6.26 Å². The Hall–Kier alpha value is -2.71. The number of hydrogen-bond acceptors (Lipinski definition) is 5. The Balaban J connectivity index is 1.69. The Morgan fingerprint density at radius 1 is 1.20 bits per heavy atom. The van der Waals surface area contributed by atoms with Gasteiger partial charge in [0, 0.05) is 46.3 Å². The second kappa shape index (κ2) is 9.55. The van der Waals surface area contributed by atoms with Crippen molar-refractivity contribution in [3.8, 4) is 0 Å². The second-order valence-electron chi connectivity index (χ2n) is 5.38. The van der Waals surface area contributed by atoms with E-state index >= 15 is 0 Å². The minimum atomic E-state index is -0.272. The van der Waals surface area contributed by atoms with Crippen LogP contribution in [0.4, 0.5) is 4.79 Å². The fourth-order valence-electron chi connectivity index (χ4n) is 2.49. The number of furan rings is 1. The van der Waals surface area contributed by atoms with E-state index in [2.05, 4.69) is 20.5 Å². The third-order valence-corrected chi connectivity index (χ3v) is 3.76. The number of ether oxygens (including phenoxy) is 1. The summed E-state index contributed by atoms with van der Waals surface area (Å²) in [7, 11) is 1.71. The topological polar surface area (TPSA) is 99.4 Å².